The number of nitrogens with zero attached hydrogens (tertiary/aromatic N) is 3. The molecule has 0 bridgehead atoms. The molecular formula is C25H25F4N5O3. The van der Waals surface area contributed by atoms with Gasteiger partial charge in [0.2, 0.25) is 0 Å². The molecule has 8 nitrogen and oxygen atoms in total. The van der Waals surface area contributed by atoms with Crippen LogP contribution in [0.15, 0.2) is 41.8 Å². The summed E-state index contributed by atoms with van der Waals surface area (Å²) in [5.74, 6) is -1.58. The van der Waals surface area contributed by atoms with Gasteiger partial charge in [0.05, 0.1) is 40.3 Å². The van der Waals surface area contributed by atoms with Crippen LogP contribution in [0.3, 0.4) is 0 Å². The van der Waals surface area contributed by atoms with Crippen LogP contribution in [0, 0.1) is 12.7 Å². The van der Waals surface area contributed by atoms with Crippen molar-refractivity contribution in [3.8, 4) is 0 Å². The quantitative estimate of drug-likeness (QED) is 0.384. The first-order valence-corrected chi connectivity index (χ1v) is 11.5. The minimum absolute atomic E-state index is 0.00540. The van der Waals surface area contributed by atoms with Gasteiger partial charge < -0.3 is 19.9 Å². The van der Waals surface area contributed by atoms with Gasteiger partial charge in [0.25, 0.3) is 11.5 Å². The first kappa shape index (κ1) is 26.3. The summed E-state index contributed by atoms with van der Waals surface area (Å²) in [5.41, 5.74) is -2.16. The number of aryl methyl sites for hydroxylation is 1. The Labute approximate surface area is 209 Å². The number of aromatic nitrogens is 3. The number of benzene rings is 1. The maximum Gasteiger partial charge on any atom is 0.416 e. The maximum absolute atomic E-state index is 15.0. The first-order chi connectivity index (χ1) is 17.4. The van der Waals surface area contributed by atoms with Crippen LogP contribution in [0.4, 0.5) is 23.4 Å². The number of halogens is 4. The van der Waals surface area contributed by atoms with Crippen LogP contribution in [0.25, 0.3) is 10.9 Å². The lowest BCUT2D eigenvalue weighted by Gasteiger charge is -2.35. The number of alkyl halides is 3. The third-order valence-corrected chi connectivity index (χ3v) is 5.96. The lowest BCUT2D eigenvalue weighted by atomic mass is 9.97. The van der Waals surface area contributed by atoms with E-state index in [1.165, 1.54) is 11.8 Å². The number of aromatic amines is 1. The van der Waals surface area contributed by atoms with Gasteiger partial charge in [-0.15, -0.1) is 6.58 Å². The third-order valence-electron chi connectivity index (χ3n) is 5.96. The van der Waals surface area contributed by atoms with Crippen molar-refractivity contribution in [1.29, 1.82) is 0 Å². The standard InChI is InChI=1S/C25H25F4N5O3/c1-5-20(16-7-17-21(8-18(16)25(27,28)29)31-14(4)32-23(17)35)33-22-19(26)6-15(9-30-22)24(36)34-10-12(2)37-13(3)11-34/h5-9,12-13,20H,1,10-11H2,2-4H3,(H,30,33)(H,31,32,35)/t12-,13+,20?. The normalized spacial score (nSPS) is 19.1. The summed E-state index contributed by atoms with van der Waals surface area (Å²) in [6.45, 7) is 9.34. The minimum Gasteiger partial charge on any atom is -0.372 e. The minimum atomic E-state index is -4.79. The van der Waals surface area contributed by atoms with E-state index in [-0.39, 0.29) is 45.9 Å². The molecule has 4 rings (SSSR count). The van der Waals surface area contributed by atoms with E-state index in [2.05, 4.69) is 26.8 Å². The molecule has 1 aromatic carbocycles. The molecule has 1 unspecified atom stereocenters. The van der Waals surface area contributed by atoms with E-state index in [0.29, 0.717) is 13.1 Å². The molecule has 3 atom stereocenters. The summed E-state index contributed by atoms with van der Waals surface area (Å²) in [5, 5.41) is 2.54. The van der Waals surface area contributed by atoms with Gasteiger partial charge in [-0.1, -0.05) is 6.08 Å². The molecule has 2 N–H and O–H groups in total. The average molecular weight is 519 g/mol. The van der Waals surface area contributed by atoms with Crippen LogP contribution in [-0.2, 0) is 10.9 Å². The Hall–Kier alpha value is -3.80. The number of carbonyl (C=O) groups is 1. The summed E-state index contributed by atoms with van der Waals surface area (Å²) in [7, 11) is 0. The molecule has 3 heterocycles. The zero-order valence-corrected chi connectivity index (χ0v) is 20.3. The highest BCUT2D eigenvalue weighted by molar-refractivity contribution is 5.94. The molecule has 0 aliphatic carbocycles. The smallest absolute Gasteiger partial charge is 0.372 e. The highest BCUT2D eigenvalue weighted by Crippen LogP contribution is 2.38. The molecular weight excluding hydrogens is 494 g/mol. The Morgan fingerprint density at radius 1 is 1.27 bits per heavy atom. The highest BCUT2D eigenvalue weighted by atomic mass is 19.4. The fraction of sp³-hybridized carbons (Fsp3) is 0.360. The van der Waals surface area contributed by atoms with E-state index in [1.54, 1.807) is 0 Å². The largest absolute Gasteiger partial charge is 0.416 e. The van der Waals surface area contributed by atoms with Crippen molar-refractivity contribution in [2.75, 3.05) is 18.4 Å². The Bertz CT molecular complexity index is 1410. The van der Waals surface area contributed by atoms with Crippen LogP contribution >= 0.6 is 0 Å². The van der Waals surface area contributed by atoms with E-state index < -0.39 is 35.1 Å². The number of ether oxygens (including phenoxy) is 1. The summed E-state index contributed by atoms with van der Waals surface area (Å²) in [6, 6.07) is 1.54. The number of fused-ring (bicyclic) bond motifs is 1. The van der Waals surface area contributed by atoms with Crippen molar-refractivity contribution in [3.05, 3.63) is 75.7 Å². The predicted octanol–water partition coefficient (Wildman–Crippen LogP) is 4.37. The number of nitrogens with one attached hydrogen (secondary N) is 2. The molecule has 3 aromatic rings. The molecule has 0 spiro atoms. The van der Waals surface area contributed by atoms with Gasteiger partial charge in [0.15, 0.2) is 11.6 Å². The number of anilines is 1. The fourth-order valence-electron chi connectivity index (χ4n) is 4.42. The van der Waals surface area contributed by atoms with E-state index in [9.17, 15) is 27.2 Å². The molecule has 1 aliphatic heterocycles. The van der Waals surface area contributed by atoms with Gasteiger partial charge in [0, 0.05) is 19.3 Å². The highest BCUT2D eigenvalue weighted by Gasteiger charge is 2.36. The second kappa shape index (κ2) is 9.92. The van der Waals surface area contributed by atoms with E-state index in [1.807, 2.05) is 13.8 Å². The Balaban J connectivity index is 1.67. The van der Waals surface area contributed by atoms with E-state index >= 15 is 0 Å². The summed E-state index contributed by atoms with van der Waals surface area (Å²) < 4.78 is 62.5. The lowest BCUT2D eigenvalue weighted by molar-refractivity contribution is -0.138. The summed E-state index contributed by atoms with van der Waals surface area (Å²) >= 11 is 0. The molecule has 12 heteroatoms. The fourth-order valence-corrected chi connectivity index (χ4v) is 4.42. The molecule has 0 saturated carbocycles. The van der Waals surface area contributed by atoms with Crippen molar-refractivity contribution < 1.29 is 27.1 Å². The number of hydrogen-bond donors (Lipinski definition) is 2. The van der Waals surface area contributed by atoms with Crippen molar-refractivity contribution in [2.24, 2.45) is 0 Å². The SMILES string of the molecule is C=CC(Nc1ncc(C(=O)N2C[C@@H](C)O[C@@H](C)C2)cc1F)c1cc2c(=O)[nH]c(C)nc2cc1C(F)(F)F. The number of morpholine rings is 1. The van der Waals surface area contributed by atoms with Crippen LogP contribution < -0.4 is 10.9 Å². The summed E-state index contributed by atoms with van der Waals surface area (Å²) in [4.78, 5) is 37.2. The number of hydrogen-bond acceptors (Lipinski definition) is 6. The van der Waals surface area contributed by atoms with E-state index in [4.69, 9.17) is 4.74 Å². The van der Waals surface area contributed by atoms with Crippen molar-refractivity contribution in [2.45, 2.75) is 45.2 Å². The number of carbonyl (C=O) groups excluding carboxylic acids is 1. The monoisotopic (exact) mass is 519 g/mol. The molecule has 1 amide bonds. The van der Waals surface area contributed by atoms with E-state index in [0.717, 1.165) is 30.5 Å². The Kier molecular flexibility index (Phi) is 7.05. The average Bonchev–Trinajstić information content (AvgIpc) is 2.81. The first-order valence-electron chi connectivity index (χ1n) is 11.5. The molecule has 37 heavy (non-hydrogen) atoms. The molecule has 2 aromatic heterocycles. The molecule has 1 saturated heterocycles. The van der Waals surface area contributed by atoms with Crippen molar-refractivity contribution in [3.63, 3.8) is 0 Å². The zero-order chi connectivity index (χ0) is 27.1. The van der Waals surface area contributed by atoms with Gasteiger partial charge in [-0.05, 0) is 44.5 Å². The van der Waals surface area contributed by atoms with Gasteiger partial charge in [-0.2, -0.15) is 13.2 Å². The number of amides is 1. The Morgan fingerprint density at radius 2 is 1.95 bits per heavy atom. The van der Waals surface area contributed by atoms with Crippen LogP contribution in [0.5, 0.6) is 0 Å². The van der Waals surface area contributed by atoms with Crippen LogP contribution in [0.1, 0.15) is 47.2 Å². The maximum atomic E-state index is 15.0. The third kappa shape index (κ3) is 5.48. The predicted molar refractivity (Wildman–Crippen MR) is 129 cm³/mol. The second-order valence-corrected chi connectivity index (χ2v) is 8.99. The van der Waals surface area contributed by atoms with Crippen molar-refractivity contribution in [1.82, 2.24) is 19.9 Å². The summed E-state index contributed by atoms with van der Waals surface area (Å²) in [6.07, 6.45) is -2.87. The topological polar surface area (TPSA) is 100 Å². The van der Waals surface area contributed by atoms with Gasteiger partial charge in [0.1, 0.15) is 5.82 Å². The molecule has 1 fully saturated rings. The van der Waals surface area contributed by atoms with Crippen molar-refractivity contribution >= 4 is 22.6 Å². The number of pyridine rings is 1. The molecule has 1 aliphatic rings. The number of H-pyrrole nitrogens is 1. The zero-order valence-electron chi connectivity index (χ0n) is 20.3. The Morgan fingerprint density at radius 3 is 2.54 bits per heavy atom. The molecule has 196 valence electrons. The van der Waals surface area contributed by atoms with Gasteiger partial charge >= 0.3 is 6.18 Å². The van der Waals surface area contributed by atoms with Gasteiger partial charge in [-0.25, -0.2) is 14.4 Å². The second-order valence-electron chi connectivity index (χ2n) is 8.99. The number of rotatable bonds is 5. The van der Waals surface area contributed by atoms with Crippen LogP contribution in [-0.4, -0.2) is 51.1 Å². The lowest BCUT2D eigenvalue weighted by Crippen LogP contribution is -2.48. The van der Waals surface area contributed by atoms with Crippen LogP contribution in [0.2, 0.25) is 0 Å². The molecule has 0 radical (unpaired) electrons. The van der Waals surface area contributed by atoms with Gasteiger partial charge in [-0.3, -0.25) is 9.59 Å².